The Bertz CT molecular complexity index is 811. The highest BCUT2D eigenvalue weighted by molar-refractivity contribution is 7.20. The van der Waals surface area contributed by atoms with Crippen molar-refractivity contribution >= 4 is 35.9 Å². The molecule has 2 radical (unpaired) electrons. The van der Waals surface area contributed by atoms with E-state index in [0.717, 1.165) is 35.3 Å². The number of ether oxygens (including phenoxy) is 1. The summed E-state index contributed by atoms with van der Waals surface area (Å²) in [6, 6.07) is 1.27. The number of hydrogen-bond acceptors (Lipinski definition) is 5. The highest BCUT2D eigenvalue weighted by Gasteiger charge is 2.42. The number of carbonyl (C=O) groups excluding carboxylic acids is 1. The van der Waals surface area contributed by atoms with Gasteiger partial charge in [0, 0.05) is 17.4 Å². The van der Waals surface area contributed by atoms with Gasteiger partial charge >= 0.3 is 6.09 Å². The minimum absolute atomic E-state index is 0.0592. The van der Waals surface area contributed by atoms with E-state index in [-0.39, 0.29) is 17.1 Å². The van der Waals surface area contributed by atoms with Crippen LogP contribution >= 0.6 is 11.3 Å². The molecule has 0 atom stereocenters. The molecule has 0 aromatic carbocycles. The molecule has 3 rings (SSSR count). The first-order valence-corrected chi connectivity index (χ1v) is 9.07. The van der Waals surface area contributed by atoms with E-state index in [0.29, 0.717) is 16.5 Å². The molecule has 5 nitrogen and oxygen atoms in total. The second-order valence-corrected chi connectivity index (χ2v) is 7.67. The zero-order chi connectivity index (χ0) is 18.9. The zero-order valence-corrected chi connectivity index (χ0v) is 15.4. The highest BCUT2D eigenvalue weighted by Crippen LogP contribution is 2.42. The Kier molecular flexibility index (Phi) is 5.27. The lowest BCUT2D eigenvalue weighted by molar-refractivity contribution is 0.0270. The predicted molar refractivity (Wildman–Crippen MR) is 97.3 cm³/mol. The van der Waals surface area contributed by atoms with Gasteiger partial charge in [0.15, 0.2) is 0 Å². The Morgan fingerprint density at radius 3 is 2.81 bits per heavy atom. The van der Waals surface area contributed by atoms with Gasteiger partial charge in [-0.1, -0.05) is 11.3 Å². The van der Waals surface area contributed by atoms with Crippen LogP contribution in [0.2, 0.25) is 0 Å². The lowest BCUT2D eigenvalue weighted by atomic mass is 10.0. The second-order valence-electron chi connectivity index (χ2n) is 6.69. The summed E-state index contributed by atoms with van der Waals surface area (Å²) in [5, 5.41) is 0.668. The first-order valence-electron chi connectivity index (χ1n) is 8.25. The normalized spacial score (nSPS) is 14.3. The van der Waals surface area contributed by atoms with Gasteiger partial charge in [0.2, 0.25) is 0 Å². The third-order valence-electron chi connectivity index (χ3n) is 4.27. The Morgan fingerprint density at radius 2 is 2.19 bits per heavy atom. The molecule has 0 bridgehead atoms. The lowest BCUT2D eigenvalue weighted by Crippen LogP contribution is -2.41. The summed E-state index contributed by atoms with van der Waals surface area (Å²) in [4.78, 5) is 21.7. The Hall–Kier alpha value is -2.03. The summed E-state index contributed by atoms with van der Waals surface area (Å²) in [6.45, 7) is 2.73. The summed E-state index contributed by atoms with van der Waals surface area (Å²) in [7, 11) is 5.93. The third kappa shape index (κ3) is 4.03. The van der Waals surface area contributed by atoms with Crippen molar-refractivity contribution in [1.29, 1.82) is 0 Å². The average Bonchev–Trinajstić information content (AvgIpc) is 3.36. The van der Waals surface area contributed by atoms with Crippen LogP contribution in [0.4, 0.5) is 18.6 Å². The first kappa shape index (κ1) is 18.8. The number of thiazole rings is 1. The maximum Gasteiger partial charge on any atom is 0.415 e. The molecule has 0 unspecified atom stereocenters. The Balaban J connectivity index is 1.87. The van der Waals surface area contributed by atoms with Crippen LogP contribution in [0.3, 0.4) is 0 Å². The molecule has 1 aliphatic carbocycles. The van der Waals surface area contributed by atoms with Crippen molar-refractivity contribution in [2.75, 3.05) is 18.1 Å². The van der Waals surface area contributed by atoms with Gasteiger partial charge in [-0.05, 0) is 38.7 Å². The number of rotatable bonds is 6. The van der Waals surface area contributed by atoms with Crippen LogP contribution in [0.25, 0.3) is 10.6 Å². The van der Waals surface area contributed by atoms with E-state index < -0.39 is 24.2 Å². The van der Waals surface area contributed by atoms with E-state index in [9.17, 15) is 13.6 Å². The molecule has 0 aliphatic heterocycles. The molecule has 0 N–H and O–H groups in total. The molecule has 9 heteroatoms. The van der Waals surface area contributed by atoms with Crippen molar-refractivity contribution in [2.45, 2.75) is 32.3 Å². The molecular formula is C17H18BF2N3O2S. The van der Waals surface area contributed by atoms with Crippen LogP contribution in [0.1, 0.15) is 26.7 Å². The van der Waals surface area contributed by atoms with Gasteiger partial charge in [0.05, 0.1) is 12.7 Å². The molecule has 0 spiro atoms. The van der Waals surface area contributed by atoms with Crippen molar-refractivity contribution in [3.63, 3.8) is 0 Å². The number of anilines is 1. The molecule has 2 heterocycles. The third-order valence-corrected chi connectivity index (χ3v) is 5.41. The van der Waals surface area contributed by atoms with Crippen LogP contribution < -0.4 is 10.5 Å². The number of hydrogen-bond donors (Lipinski definition) is 0. The van der Waals surface area contributed by atoms with Crippen molar-refractivity contribution in [3.8, 4) is 10.6 Å². The lowest BCUT2D eigenvalue weighted by Gasteiger charge is -2.29. The Morgan fingerprint density at radius 1 is 1.46 bits per heavy atom. The van der Waals surface area contributed by atoms with Gasteiger partial charge in [-0.15, -0.1) is 0 Å². The molecule has 1 aliphatic rings. The number of nitrogens with zero attached hydrogens (tertiary/aromatic N) is 3. The van der Waals surface area contributed by atoms with Gasteiger partial charge in [0.25, 0.3) is 0 Å². The van der Waals surface area contributed by atoms with Gasteiger partial charge in [-0.25, -0.2) is 13.6 Å². The van der Waals surface area contributed by atoms with Crippen molar-refractivity contribution in [1.82, 2.24) is 9.97 Å². The Labute approximate surface area is 155 Å². The van der Waals surface area contributed by atoms with Crippen molar-refractivity contribution in [2.24, 2.45) is 5.92 Å². The quantitative estimate of drug-likeness (QED) is 0.726. The molecule has 1 saturated carbocycles. The van der Waals surface area contributed by atoms with Crippen LogP contribution in [0.5, 0.6) is 0 Å². The van der Waals surface area contributed by atoms with Crippen LogP contribution in [0.15, 0.2) is 18.5 Å². The standard InChI is InChI=1S/C17H18BF2N3O2S/c1-17(2,11-3-4-11)25-16(24)23(6-5-19)15-13(18)22-14(26-15)10-7-12(20)9-21-8-10/h7-9,11H,3-6H2,1-2H3. The van der Waals surface area contributed by atoms with Gasteiger partial charge in [-0.3, -0.25) is 14.9 Å². The molecule has 26 heavy (non-hydrogen) atoms. The molecule has 136 valence electrons. The predicted octanol–water partition coefficient (Wildman–Crippen LogP) is 3.24. The summed E-state index contributed by atoms with van der Waals surface area (Å²) in [6.07, 6.45) is 3.86. The molecular weight excluding hydrogens is 359 g/mol. The van der Waals surface area contributed by atoms with Crippen molar-refractivity contribution < 1.29 is 18.3 Å². The van der Waals surface area contributed by atoms with E-state index in [1.807, 2.05) is 13.8 Å². The van der Waals surface area contributed by atoms with Crippen molar-refractivity contribution in [3.05, 3.63) is 24.3 Å². The van der Waals surface area contributed by atoms with E-state index >= 15 is 0 Å². The van der Waals surface area contributed by atoms with Crippen LogP contribution in [0, 0.1) is 11.7 Å². The second kappa shape index (κ2) is 7.30. The zero-order valence-electron chi connectivity index (χ0n) is 14.5. The van der Waals surface area contributed by atoms with Crippen LogP contribution in [-0.4, -0.2) is 42.7 Å². The largest absolute Gasteiger partial charge is 0.443 e. The molecule has 1 fully saturated rings. The van der Waals surface area contributed by atoms with Gasteiger partial charge < -0.3 is 4.74 Å². The number of alkyl halides is 1. The maximum atomic E-state index is 13.4. The van der Waals surface area contributed by atoms with Gasteiger partial charge in [-0.2, -0.15) is 0 Å². The maximum absolute atomic E-state index is 13.4. The topological polar surface area (TPSA) is 55.3 Å². The monoisotopic (exact) mass is 377 g/mol. The molecule has 1 amide bonds. The fourth-order valence-corrected chi connectivity index (χ4v) is 3.65. The van der Waals surface area contributed by atoms with E-state index in [1.165, 1.54) is 12.3 Å². The molecule has 2 aromatic heterocycles. The minimum Gasteiger partial charge on any atom is -0.443 e. The summed E-state index contributed by atoms with van der Waals surface area (Å²) < 4.78 is 32.0. The first-order chi connectivity index (χ1) is 12.3. The number of halogens is 2. The van der Waals surface area contributed by atoms with E-state index in [4.69, 9.17) is 12.6 Å². The van der Waals surface area contributed by atoms with Crippen LogP contribution in [-0.2, 0) is 4.74 Å². The summed E-state index contributed by atoms with van der Waals surface area (Å²) >= 11 is 1.06. The smallest absolute Gasteiger partial charge is 0.415 e. The van der Waals surface area contributed by atoms with E-state index in [2.05, 4.69) is 9.97 Å². The SMILES string of the molecule is [B]c1nc(-c2cncc(F)c2)sc1N(CCF)C(=O)OC(C)(C)C1CC1. The fraction of sp³-hybridized carbons (Fsp3) is 0.471. The van der Waals surface area contributed by atoms with Gasteiger partial charge in [0.1, 0.15) is 35.9 Å². The number of aromatic nitrogens is 2. The minimum atomic E-state index is -0.757. The fourth-order valence-electron chi connectivity index (χ4n) is 2.67. The summed E-state index contributed by atoms with van der Waals surface area (Å²) in [5.74, 6) is -0.199. The highest BCUT2D eigenvalue weighted by atomic mass is 32.1. The van der Waals surface area contributed by atoms with E-state index in [1.54, 1.807) is 0 Å². The molecule has 0 saturated heterocycles. The molecule has 2 aromatic rings. The average molecular weight is 377 g/mol. The number of carbonyl (C=O) groups is 1. The number of amides is 1. The summed E-state index contributed by atoms with van der Waals surface area (Å²) in [5.41, 5.74) is -0.135. The number of pyridine rings is 1.